The number of hydrogen-bond donors (Lipinski definition) is 2. The van der Waals surface area contributed by atoms with Gasteiger partial charge in [0.15, 0.2) is 17.3 Å². The van der Waals surface area contributed by atoms with Gasteiger partial charge in [0.1, 0.15) is 19.3 Å². The van der Waals surface area contributed by atoms with Crippen LogP contribution in [-0.4, -0.2) is 50.3 Å². The van der Waals surface area contributed by atoms with Gasteiger partial charge >= 0.3 is 0 Å². The minimum atomic E-state index is -0.490. The highest BCUT2D eigenvalue weighted by molar-refractivity contribution is 5.94. The van der Waals surface area contributed by atoms with Crippen LogP contribution in [0.15, 0.2) is 18.2 Å². The predicted molar refractivity (Wildman–Crippen MR) is 79.3 cm³/mol. The molecule has 5 nitrogen and oxygen atoms in total. The van der Waals surface area contributed by atoms with E-state index in [4.69, 9.17) is 9.47 Å². The number of nitrogens with one attached hydrogen (secondary N) is 1. The lowest BCUT2D eigenvalue weighted by Gasteiger charge is -2.18. The van der Waals surface area contributed by atoms with E-state index in [1.807, 2.05) is 0 Å². The van der Waals surface area contributed by atoms with Gasteiger partial charge in [-0.05, 0) is 25.1 Å². The smallest absolute Gasteiger partial charge is 0.161 e. The molecule has 21 heavy (non-hydrogen) atoms. The standard InChI is InChI=1S/C16H23NO4/c1-12(18)13-5-6-15(16(9-13)20-2)21-11-14(19)10-17-7-3-4-8-17/h5-6,9,14,19H,3-4,7-8,10-11H2,1-2H3/p+1/t14-/m1/s1. The molecule has 1 heterocycles. The fraction of sp³-hybridized carbons (Fsp3) is 0.562. The first kappa shape index (κ1) is 15.8. The van der Waals surface area contributed by atoms with E-state index < -0.39 is 6.10 Å². The highest BCUT2D eigenvalue weighted by Crippen LogP contribution is 2.28. The molecule has 0 saturated carbocycles. The summed E-state index contributed by atoms with van der Waals surface area (Å²) < 4.78 is 10.9. The normalized spacial score (nSPS) is 16.7. The lowest BCUT2D eigenvalue weighted by molar-refractivity contribution is -0.890. The number of ketones is 1. The number of methoxy groups -OCH3 is 1. The van der Waals surface area contributed by atoms with E-state index in [1.165, 1.54) is 31.8 Å². The lowest BCUT2D eigenvalue weighted by Crippen LogP contribution is -3.11. The van der Waals surface area contributed by atoms with Gasteiger partial charge < -0.3 is 19.5 Å². The van der Waals surface area contributed by atoms with Crippen molar-refractivity contribution in [1.82, 2.24) is 0 Å². The molecule has 0 aromatic heterocycles. The molecule has 1 atom stereocenters. The van der Waals surface area contributed by atoms with Gasteiger partial charge in [-0.3, -0.25) is 4.79 Å². The summed E-state index contributed by atoms with van der Waals surface area (Å²) in [7, 11) is 1.54. The third-order valence-electron chi connectivity index (χ3n) is 3.84. The van der Waals surface area contributed by atoms with Crippen molar-refractivity contribution in [3.63, 3.8) is 0 Å². The molecule has 1 aliphatic rings. The van der Waals surface area contributed by atoms with Gasteiger partial charge in [0, 0.05) is 18.4 Å². The molecule has 1 saturated heterocycles. The number of carbonyl (C=O) groups is 1. The monoisotopic (exact) mass is 294 g/mol. The largest absolute Gasteiger partial charge is 0.493 e. The van der Waals surface area contributed by atoms with Crippen molar-refractivity contribution in [2.75, 3.05) is 33.4 Å². The van der Waals surface area contributed by atoms with Crippen LogP contribution in [0.4, 0.5) is 0 Å². The van der Waals surface area contributed by atoms with Gasteiger partial charge in [-0.15, -0.1) is 0 Å². The zero-order valence-corrected chi connectivity index (χ0v) is 12.7. The van der Waals surface area contributed by atoms with Crippen LogP contribution in [0.1, 0.15) is 30.1 Å². The minimum Gasteiger partial charge on any atom is -0.493 e. The summed E-state index contributed by atoms with van der Waals surface area (Å²) in [6.07, 6.45) is 1.99. The third-order valence-corrected chi connectivity index (χ3v) is 3.84. The lowest BCUT2D eigenvalue weighted by atomic mass is 10.1. The van der Waals surface area contributed by atoms with Crippen molar-refractivity contribution < 1.29 is 24.3 Å². The molecule has 5 heteroatoms. The van der Waals surface area contributed by atoms with Gasteiger partial charge in [0.2, 0.25) is 0 Å². The van der Waals surface area contributed by atoms with Crippen LogP contribution >= 0.6 is 0 Å². The number of quaternary nitrogens is 1. The quantitative estimate of drug-likeness (QED) is 0.711. The minimum absolute atomic E-state index is 0.0162. The van der Waals surface area contributed by atoms with E-state index in [-0.39, 0.29) is 12.4 Å². The Hall–Kier alpha value is -1.59. The van der Waals surface area contributed by atoms with E-state index >= 15 is 0 Å². The Morgan fingerprint density at radius 1 is 1.33 bits per heavy atom. The second-order valence-electron chi connectivity index (χ2n) is 5.55. The number of hydrogen-bond acceptors (Lipinski definition) is 4. The van der Waals surface area contributed by atoms with E-state index in [0.29, 0.717) is 23.6 Å². The van der Waals surface area contributed by atoms with Crippen LogP contribution in [0.25, 0.3) is 0 Å². The summed E-state index contributed by atoms with van der Waals surface area (Å²) >= 11 is 0. The van der Waals surface area contributed by atoms with Gasteiger partial charge in [-0.25, -0.2) is 0 Å². The number of benzene rings is 1. The first-order valence-corrected chi connectivity index (χ1v) is 7.43. The Kier molecular flexibility index (Phi) is 5.59. The molecule has 0 unspecified atom stereocenters. The molecule has 0 spiro atoms. The van der Waals surface area contributed by atoms with Crippen molar-refractivity contribution in [3.8, 4) is 11.5 Å². The van der Waals surface area contributed by atoms with Gasteiger partial charge in [-0.2, -0.15) is 0 Å². The molecule has 0 aliphatic carbocycles. The second-order valence-corrected chi connectivity index (χ2v) is 5.55. The molecule has 2 N–H and O–H groups in total. The Morgan fingerprint density at radius 3 is 2.67 bits per heavy atom. The number of aliphatic hydroxyl groups is 1. The Bertz CT molecular complexity index is 483. The average molecular weight is 294 g/mol. The molecule has 2 rings (SSSR count). The Labute approximate surface area is 125 Å². The predicted octanol–water partition coefficient (Wildman–Crippen LogP) is 0.316. The number of likely N-dealkylation sites (tertiary alicyclic amines) is 1. The molecule has 0 radical (unpaired) electrons. The first-order valence-electron chi connectivity index (χ1n) is 7.43. The maximum atomic E-state index is 11.3. The molecule has 1 aromatic carbocycles. The van der Waals surface area contributed by atoms with Gasteiger partial charge in [0.05, 0.1) is 20.2 Å². The van der Waals surface area contributed by atoms with Crippen LogP contribution in [0.3, 0.4) is 0 Å². The fourth-order valence-corrected chi connectivity index (χ4v) is 2.66. The number of aliphatic hydroxyl groups excluding tert-OH is 1. The number of ether oxygens (including phenoxy) is 2. The fourth-order valence-electron chi connectivity index (χ4n) is 2.66. The van der Waals surface area contributed by atoms with Gasteiger partial charge in [0.25, 0.3) is 0 Å². The van der Waals surface area contributed by atoms with Crippen molar-refractivity contribution >= 4 is 5.78 Å². The molecule has 1 fully saturated rings. The first-order chi connectivity index (χ1) is 10.1. The summed E-state index contributed by atoms with van der Waals surface area (Å²) in [6, 6.07) is 5.08. The van der Waals surface area contributed by atoms with Crippen LogP contribution in [0.2, 0.25) is 0 Å². The van der Waals surface area contributed by atoms with Crippen LogP contribution < -0.4 is 14.4 Å². The molecule has 1 aliphatic heterocycles. The average Bonchev–Trinajstić information content (AvgIpc) is 2.97. The van der Waals surface area contributed by atoms with Crippen molar-refractivity contribution in [3.05, 3.63) is 23.8 Å². The van der Waals surface area contributed by atoms with Crippen LogP contribution in [0, 0.1) is 0 Å². The topological polar surface area (TPSA) is 60.2 Å². The highest BCUT2D eigenvalue weighted by Gasteiger charge is 2.20. The summed E-state index contributed by atoms with van der Waals surface area (Å²) in [5.74, 6) is 1.05. The number of Topliss-reactive ketones (excluding diaryl/α,β-unsaturated/α-hetero) is 1. The summed E-state index contributed by atoms with van der Waals surface area (Å²) in [5.41, 5.74) is 0.584. The molecular weight excluding hydrogens is 270 g/mol. The highest BCUT2D eigenvalue weighted by atomic mass is 16.5. The maximum absolute atomic E-state index is 11.3. The summed E-state index contributed by atoms with van der Waals surface area (Å²) in [6.45, 7) is 4.73. The summed E-state index contributed by atoms with van der Waals surface area (Å²) in [5, 5.41) is 10.0. The maximum Gasteiger partial charge on any atom is 0.161 e. The van der Waals surface area contributed by atoms with Gasteiger partial charge in [-0.1, -0.05) is 0 Å². The number of rotatable bonds is 7. The second kappa shape index (κ2) is 7.43. The van der Waals surface area contributed by atoms with E-state index in [1.54, 1.807) is 18.2 Å². The molecule has 0 bridgehead atoms. The van der Waals surface area contributed by atoms with E-state index in [2.05, 4.69) is 0 Å². The SMILES string of the molecule is COc1cc(C(C)=O)ccc1OC[C@H](O)C[NH+]1CCCC1. The Morgan fingerprint density at radius 2 is 2.05 bits per heavy atom. The van der Waals surface area contributed by atoms with E-state index in [9.17, 15) is 9.90 Å². The molecule has 1 aromatic rings. The van der Waals surface area contributed by atoms with E-state index in [0.717, 1.165) is 13.1 Å². The summed E-state index contributed by atoms with van der Waals surface area (Å²) in [4.78, 5) is 12.8. The third kappa shape index (κ3) is 4.44. The van der Waals surface area contributed by atoms with Crippen molar-refractivity contribution in [2.24, 2.45) is 0 Å². The zero-order valence-electron chi connectivity index (χ0n) is 12.7. The molecule has 0 amide bonds. The van der Waals surface area contributed by atoms with Crippen molar-refractivity contribution in [1.29, 1.82) is 0 Å². The van der Waals surface area contributed by atoms with Crippen LogP contribution in [-0.2, 0) is 0 Å². The molecular formula is C16H24NO4+. The van der Waals surface area contributed by atoms with Crippen molar-refractivity contribution in [2.45, 2.75) is 25.9 Å². The zero-order chi connectivity index (χ0) is 15.2. The van der Waals surface area contributed by atoms with Crippen LogP contribution in [0.5, 0.6) is 11.5 Å². The Balaban J connectivity index is 1.90. The number of carbonyl (C=O) groups excluding carboxylic acids is 1. The molecule has 116 valence electrons.